The molecule has 1 heterocycles. The van der Waals surface area contributed by atoms with Gasteiger partial charge in [-0.15, -0.1) is 0 Å². The molecule has 0 radical (unpaired) electrons. The van der Waals surface area contributed by atoms with E-state index in [1.165, 1.54) is 11.8 Å². The SMILES string of the molecule is Cc1cc(C)cc(N=C2NC(=O)C(CC(=O)Nc3cccc(C)c3)S2)c1. The Hall–Kier alpha value is -2.60. The number of rotatable bonds is 4. The van der Waals surface area contributed by atoms with Gasteiger partial charge in [-0.05, 0) is 61.7 Å². The second kappa shape index (κ2) is 7.74. The summed E-state index contributed by atoms with van der Waals surface area (Å²) in [6.07, 6.45) is 0.107. The molecule has 0 aromatic heterocycles. The molecule has 0 saturated carbocycles. The van der Waals surface area contributed by atoms with Gasteiger partial charge < -0.3 is 10.6 Å². The van der Waals surface area contributed by atoms with Crippen LogP contribution in [-0.2, 0) is 9.59 Å². The smallest absolute Gasteiger partial charge is 0.240 e. The number of amides is 2. The molecule has 1 fully saturated rings. The molecule has 3 rings (SSSR count). The first-order valence-electron chi connectivity index (χ1n) is 8.40. The number of thioether (sulfide) groups is 1. The number of benzene rings is 2. The molecule has 0 bridgehead atoms. The zero-order valence-corrected chi connectivity index (χ0v) is 15.8. The average molecular weight is 367 g/mol. The van der Waals surface area contributed by atoms with Gasteiger partial charge in [0.1, 0.15) is 5.25 Å². The van der Waals surface area contributed by atoms with Crippen molar-refractivity contribution < 1.29 is 9.59 Å². The summed E-state index contributed by atoms with van der Waals surface area (Å²) in [4.78, 5) is 28.9. The van der Waals surface area contributed by atoms with Gasteiger partial charge in [0.25, 0.3) is 0 Å². The van der Waals surface area contributed by atoms with Crippen molar-refractivity contribution in [1.29, 1.82) is 0 Å². The Bertz CT molecular complexity index is 872. The van der Waals surface area contributed by atoms with Gasteiger partial charge in [0.2, 0.25) is 11.8 Å². The van der Waals surface area contributed by atoms with E-state index in [0.29, 0.717) is 5.17 Å². The number of carbonyl (C=O) groups excluding carboxylic acids is 2. The summed E-state index contributed by atoms with van der Waals surface area (Å²) in [5.41, 5.74) is 4.84. The van der Waals surface area contributed by atoms with Gasteiger partial charge in [0.15, 0.2) is 5.17 Å². The largest absolute Gasteiger partial charge is 0.326 e. The number of hydrogen-bond acceptors (Lipinski definition) is 4. The van der Waals surface area contributed by atoms with Crippen LogP contribution in [0.5, 0.6) is 0 Å². The van der Waals surface area contributed by atoms with Crippen molar-refractivity contribution in [1.82, 2.24) is 5.32 Å². The number of amidine groups is 1. The topological polar surface area (TPSA) is 70.6 Å². The van der Waals surface area contributed by atoms with Crippen LogP contribution < -0.4 is 10.6 Å². The Kier molecular flexibility index (Phi) is 5.42. The quantitative estimate of drug-likeness (QED) is 0.862. The molecule has 134 valence electrons. The van der Waals surface area contributed by atoms with Crippen LogP contribution in [0, 0.1) is 20.8 Å². The van der Waals surface area contributed by atoms with Crippen molar-refractivity contribution in [2.75, 3.05) is 5.32 Å². The minimum atomic E-state index is -0.468. The molecule has 0 spiro atoms. The molecule has 0 aliphatic carbocycles. The standard InChI is InChI=1S/C20H21N3O2S/c1-12-5-4-6-15(8-12)21-18(24)11-17-19(25)23-20(26-17)22-16-9-13(2)7-14(3)10-16/h4-10,17H,11H2,1-3H3,(H,21,24)(H,22,23,25). The van der Waals surface area contributed by atoms with Crippen LogP contribution in [0.2, 0.25) is 0 Å². The second-order valence-electron chi connectivity index (χ2n) is 6.48. The van der Waals surface area contributed by atoms with E-state index in [9.17, 15) is 9.59 Å². The number of hydrogen-bond donors (Lipinski definition) is 2. The summed E-state index contributed by atoms with van der Waals surface area (Å²) >= 11 is 1.30. The van der Waals surface area contributed by atoms with Crippen LogP contribution in [0.3, 0.4) is 0 Å². The fourth-order valence-corrected chi connectivity index (χ4v) is 3.82. The van der Waals surface area contributed by atoms with Crippen molar-refractivity contribution in [3.05, 3.63) is 59.2 Å². The van der Waals surface area contributed by atoms with Crippen molar-refractivity contribution in [3.8, 4) is 0 Å². The van der Waals surface area contributed by atoms with E-state index in [2.05, 4.69) is 21.7 Å². The van der Waals surface area contributed by atoms with Gasteiger partial charge in [0.05, 0.1) is 5.69 Å². The summed E-state index contributed by atoms with van der Waals surface area (Å²) in [5, 5.41) is 5.67. The van der Waals surface area contributed by atoms with Crippen molar-refractivity contribution in [2.45, 2.75) is 32.4 Å². The summed E-state index contributed by atoms with van der Waals surface area (Å²) in [6, 6.07) is 13.6. The van der Waals surface area contributed by atoms with Gasteiger partial charge in [0, 0.05) is 12.1 Å². The van der Waals surface area contributed by atoms with E-state index < -0.39 is 5.25 Å². The van der Waals surface area contributed by atoms with Crippen LogP contribution in [-0.4, -0.2) is 22.2 Å². The molecule has 26 heavy (non-hydrogen) atoms. The lowest BCUT2D eigenvalue weighted by molar-refractivity contribution is -0.122. The Balaban J connectivity index is 1.64. The summed E-state index contributed by atoms with van der Waals surface area (Å²) in [6.45, 7) is 5.98. The number of carbonyl (C=O) groups is 2. The first kappa shape index (κ1) is 18.2. The average Bonchev–Trinajstić information content (AvgIpc) is 2.85. The lowest BCUT2D eigenvalue weighted by Crippen LogP contribution is -2.28. The normalized spacial score (nSPS) is 18.0. The summed E-state index contributed by atoms with van der Waals surface area (Å²) in [7, 11) is 0. The number of nitrogens with one attached hydrogen (secondary N) is 2. The molecule has 2 N–H and O–H groups in total. The molecule has 2 amide bonds. The first-order valence-corrected chi connectivity index (χ1v) is 9.28. The molecule has 2 aromatic rings. The van der Waals surface area contributed by atoms with Crippen molar-refractivity contribution in [2.24, 2.45) is 4.99 Å². The minimum absolute atomic E-state index is 0.107. The maximum Gasteiger partial charge on any atom is 0.240 e. The Morgan fingerprint density at radius 2 is 1.85 bits per heavy atom. The van der Waals surface area contributed by atoms with E-state index >= 15 is 0 Å². The number of aryl methyl sites for hydroxylation is 3. The maximum absolute atomic E-state index is 12.2. The monoisotopic (exact) mass is 367 g/mol. The van der Waals surface area contributed by atoms with E-state index in [1.54, 1.807) is 0 Å². The van der Waals surface area contributed by atoms with Crippen LogP contribution in [0.15, 0.2) is 47.5 Å². The molecular weight excluding hydrogens is 346 g/mol. The molecule has 2 aromatic carbocycles. The van der Waals surface area contributed by atoms with Gasteiger partial charge >= 0.3 is 0 Å². The minimum Gasteiger partial charge on any atom is -0.326 e. The predicted octanol–water partition coefficient (Wildman–Crippen LogP) is 3.86. The number of anilines is 1. The lowest BCUT2D eigenvalue weighted by atomic mass is 10.1. The van der Waals surface area contributed by atoms with Crippen LogP contribution >= 0.6 is 11.8 Å². The van der Waals surface area contributed by atoms with Gasteiger partial charge in [-0.1, -0.05) is 30.0 Å². The van der Waals surface area contributed by atoms with E-state index in [1.807, 2.05) is 57.2 Å². The fraction of sp³-hybridized carbons (Fsp3) is 0.250. The Morgan fingerprint density at radius 1 is 1.12 bits per heavy atom. The number of aliphatic imine (C=N–C) groups is 1. The Morgan fingerprint density at radius 3 is 2.54 bits per heavy atom. The lowest BCUT2D eigenvalue weighted by Gasteiger charge is -2.08. The molecule has 1 unspecified atom stereocenters. The van der Waals surface area contributed by atoms with E-state index in [4.69, 9.17) is 0 Å². The molecular formula is C20H21N3O2S. The first-order chi connectivity index (χ1) is 12.4. The van der Waals surface area contributed by atoms with Crippen molar-refractivity contribution >= 4 is 40.1 Å². The highest BCUT2D eigenvalue weighted by Gasteiger charge is 2.32. The fourth-order valence-electron chi connectivity index (χ4n) is 2.83. The molecule has 1 saturated heterocycles. The molecule has 1 aliphatic heterocycles. The van der Waals surface area contributed by atoms with Gasteiger partial charge in [-0.2, -0.15) is 0 Å². The second-order valence-corrected chi connectivity index (χ2v) is 7.67. The summed E-state index contributed by atoms with van der Waals surface area (Å²) < 4.78 is 0. The highest BCUT2D eigenvalue weighted by Crippen LogP contribution is 2.26. The molecule has 1 aliphatic rings. The highest BCUT2D eigenvalue weighted by atomic mass is 32.2. The Labute approximate surface area is 157 Å². The third-order valence-corrected chi connectivity index (χ3v) is 4.97. The zero-order chi connectivity index (χ0) is 18.7. The van der Waals surface area contributed by atoms with E-state index in [0.717, 1.165) is 28.1 Å². The van der Waals surface area contributed by atoms with Crippen LogP contribution in [0.1, 0.15) is 23.1 Å². The highest BCUT2D eigenvalue weighted by molar-refractivity contribution is 8.15. The van der Waals surface area contributed by atoms with Gasteiger partial charge in [-0.3, -0.25) is 9.59 Å². The van der Waals surface area contributed by atoms with Crippen LogP contribution in [0.25, 0.3) is 0 Å². The predicted molar refractivity (Wildman–Crippen MR) is 107 cm³/mol. The van der Waals surface area contributed by atoms with E-state index in [-0.39, 0.29) is 18.2 Å². The third kappa shape index (κ3) is 4.73. The zero-order valence-electron chi connectivity index (χ0n) is 15.0. The van der Waals surface area contributed by atoms with Crippen LogP contribution in [0.4, 0.5) is 11.4 Å². The molecule has 6 heteroatoms. The number of nitrogens with zero attached hydrogens (tertiary/aromatic N) is 1. The third-order valence-electron chi connectivity index (χ3n) is 3.89. The van der Waals surface area contributed by atoms with Gasteiger partial charge in [-0.25, -0.2) is 4.99 Å². The molecule has 5 nitrogen and oxygen atoms in total. The summed E-state index contributed by atoms with van der Waals surface area (Å²) in [5.74, 6) is -0.367. The van der Waals surface area contributed by atoms with Crippen molar-refractivity contribution in [3.63, 3.8) is 0 Å². The maximum atomic E-state index is 12.2. The molecule has 1 atom stereocenters.